The number of aromatic nitrogens is 4. The maximum absolute atomic E-state index is 12.9. The minimum absolute atomic E-state index is 0.00267. The zero-order chi connectivity index (χ0) is 28.8. The fourth-order valence-corrected chi connectivity index (χ4v) is 7.59. The second-order valence-corrected chi connectivity index (χ2v) is 12.4. The van der Waals surface area contributed by atoms with Crippen molar-refractivity contribution >= 4 is 66.4 Å². The Morgan fingerprint density at radius 3 is 2.79 bits per heavy atom. The number of morpholine rings is 1. The van der Waals surface area contributed by atoms with Crippen molar-refractivity contribution in [2.24, 2.45) is 11.5 Å². The van der Waals surface area contributed by atoms with Gasteiger partial charge in [0.05, 0.1) is 27.8 Å². The Kier molecular flexibility index (Phi) is 7.01. The van der Waals surface area contributed by atoms with Crippen molar-refractivity contribution in [3.63, 3.8) is 0 Å². The second-order valence-electron chi connectivity index (χ2n) is 10.4. The zero-order valence-electron chi connectivity index (χ0n) is 22.5. The Labute approximate surface area is 247 Å². The minimum Gasteiger partial charge on any atom is -0.459 e. The number of anilines is 4. The molecule has 0 bridgehead atoms. The quantitative estimate of drug-likeness (QED) is 0.213. The third kappa shape index (κ3) is 4.87. The Hall–Kier alpha value is -4.05. The van der Waals surface area contributed by atoms with E-state index in [1.54, 1.807) is 35.3 Å². The topological polar surface area (TPSA) is 179 Å². The van der Waals surface area contributed by atoms with E-state index in [0.717, 1.165) is 58.9 Å². The lowest BCUT2D eigenvalue weighted by molar-refractivity contribution is 0.100. The summed E-state index contributed by atoms with van der Waals surface area (Å²) in [6.07, 6.45) is 10.7. The van der Waals surface area contributed by atoms with Gasteiger partial charge in [-0.05, 0) is 12.8 Å². The number of furan rings is 1. The number of hydrogen-bond acceptors (Lipinski definition) is 13. The van der Waals surface area contributed by atoms with Crippen LogP contribution in [0.2, 0.25) is 0 Å². The molecular weight excluding hydrogens is 578 g/mol. The maximum atomic E-state index is 12.9. The Balaban J connectivity index is 1.23. The zero-order valence-corrected chi connectivity index (χ0v) is 24.2. The number of primary amides is 1. The number of carbonyl (C=O) groups excluding carboxylic acids is 1. The molecule has 2 atom stereocenters. The van der Waals surface area contributed by atoms with E-state index < -0.39 is 5.91 Å². The highest BCUT2D eigenvalue weighted by molar-refractivity contribution is 7.23. The lowest BCUT2D eigenvalue weighted by Gasteiger charge is -2.30. The summed E-state index contributed by atoms with van der Waals surface area (Å²) >= 11 is 2.85. The number of hydrogen-bond donors (Lipinski definition) is 4. The van der Waals surface area contributed by atoms with E-state index in [0.29, 0.717) is 35.5 Å². The predicted octanol–water partition coefficient (Wildman–Crippen LogP) is 3.38. The van der Waals surface area contributed by atoms with E-state index >= 15 is 0 Å². The number of nitrogens with two attached hydrogens (primary N) is 2. The second kappa shape index (κ2) is 11.0. The van der Waals surface area contributed by atoms with Crippen LogP contribution in [0.5, 0.6) is 0 Å². The van der Waals surface area contributed by atoms with Crippen LogP contribution in [0.25, 0.3) is 26.4 Å². The molecule has 1 amide bonds. The van der Waals surface area contributed by atoms with Crippen LogP contribution in [0.3, 0.4) is 0 Å². The molecule has 13 nitrogen and oxygen atoms in total. The molecule has 5 aromatic heterocycles. The van der Waals surface area contributed by atoms with Crippen molar-refractivity contribution < 1.29 is 13.9 Å². The van der Waals surface area contributed by atoms with Gasteiger partial charge in [-0.1, -0.05) is 24.2 Å². The van der Waals surface area contributed by atoms with Gasteiger partial charge in [0.25, 0.3) is 5.91 Å². The van der Waals surface area contributed by atoms with Crippen molar-refractivity contribution in [2.45, 2.75) is 37.8 Å². The van der Waals surface area contributed by atoms with Crippen LogP contribution < -0.4 is 32.4 Å². The number of amides is 1. The molecule has 0 unspecified atom stereocenters. The summed E-state index contributed by atoms with van der Waals surface area (Å²) in [6, 6.07) is 1.66. The van der Waals surface area contributed by atoms with E-state index in [1.165, 1.54) is 22.7 Å². The summed E-state index contributed by atoms with van der Waals surface area (Å²) in [5.74, 6) is 0.0841. The van der Waals surface area contributed by atoms with Gasteiger partial charge >= 0.3 is 0 Å². The standard InChI is InChI=1S/C27H29N9O4S2/c28-15-3-1-2-4-16(15)32-26-33-24(20(23(29)38)25-30-5-6-36(25)26)34-27-31-12-18(41-27)14-13-40-21-17(37)11-19(42-22(14)21)35-7-9-39-10-8-35/h5-6,11-13,15-16H,1-4,7-10,28H2,(H2,29,38)(H,31,34)(H,32,33)/t15-,16+/m1/s1. The molecule has 1 aliphatic heterocycles. The molecule has 42 heavy (non-hydrogen) atoms. The van der Waals surface area contributed by atoms with Gasteiger partial charge < -0.3 is 36.2 Å². The molecule has 1 saturated heterocycles. The number of nitrogens with one attached hydrogen (secondary N) is 2. The molecule has 2 aliphatic rings. The van der Waals surface area contributed by atoms with Gasteiger partial charge in [-0.25, -0.2) is 9.97 Å². The number of fused-ring (bicyclic) bond motifs is 2. The summed E-state index contributed by atoms with van der Waals surface area (Å²) in [5, 5.41) is 8.02. The van der Waals surface area contributed by atoms with E-state index in [-0.39, 0.29) is 28.9 Å². The van der Waals surface area contributed by atoms with Crippen molar-refractivity contribution in [1.29, 1.82) is 0 Å². The van der Waals surface area contributed by atoms with E-state index in [1.807, 2.05) is 0 Å². The van der Waals surface area contributed by atoms with Gasteiger partial charge in [-0.15, -0.1) is 11.3 Å². The first kappa shape index (κ1) is 26.8. The molecule has 218 valence electrons. The number of imidazole rings is 1. The van der Waals surface area contributed by atoms with Gasteiger partial charge in [-0.2, -0.15) is 4.98 Å². The average Bonchev–Trinajstić information content (AvgIpc) is 3.75. The van der Waals surface area contributed by atoms with Crippen LogP contribution in [-0.4, -0.2) is 63.6 Å². The molecule has 7 rings (SSSR count). The molecule has 6 N–H and O–H groups in total. The molecule has 15 heteroatoms. The smallest absolute Gasteiger partial charge is 0.256 e. The molecule has 0 spiro atoms. The number of thiazole rings is 1. The average molecular weight is 608 g/mol. The molecule has 0 aromatic carbocycles. The predicted molar refractivity (Wildman–Crippen MR) is 163 cm³/mol. The molecule has 6 heterocycles. The first-order chi connectivity index (χ1) is 20.5. The number of carbonyl (C=O) groups is 1. The highest BCUT2D eigenvalue weighted by Gasteiger charge is 2.26. The SMILES string of the molecule is NC(=O)c1c(Nc2ncc(-c3coc4c(=O)cc(N5CCOCC5)sc34)s2)nc(N[C@H]2CCCC[C@H]2N)n2ccnc12. The van der Waals surface area contributed by atoms with Crippen LogP contribution in [0.1, 0.15) is 36.0 Å². The van der Waals surface area contributed by atoms with E-state index in [9.17, 15) is 9.59 Å². The van der Waals surface area contributed by atoms with Crippen LogP contribution >= 0.6 is 22.7 Å². The molecular formula is C27H29N9O4S2. The van der Waals surface area contributed by atoms with Gasteiger partial charge in [0, 0.05) is 55.4 Å². The summed E-state index contributed by atoms with van der Waals surface area (Å²) in [5.41, 5.74) is 13.6. The number of nitrogens with zero attached hydrogens (tertiary/aromatic N) is 5. The first-order valence-electron chi connectivity index (χ1n) is 13.8. The van der Waals surface area contributed by atoms with Gasteiger partial charge in [0.15, 0.2) is 22.2 Å². The number of ether oxygens (including phenoxy) is 1. The van der Waals surface area contributed by atoms with Gasteiger partial charge in [0.2, 0.25) is 11.4 Å². The Bertz CT molecular complexity index is 1840. The van der Waals surface area contributed by atoms with Crippen molar-refractivity contribution in [1.82, 2.24) is 19.4 Å². The van der Waals surface area contributed by atoms with Crippen molar-refractivity contribution in [3.8, 4) is 10.4 Å². The van der Waals surface area contributed by atoms with Crippen LogP contribution in [0.4, 0.5) is 21.9 Å². The Morgan fingerprint density at radius 2 is 1.98 bits per heavy atom. The van der Waals surface area contributed by atoms with E-state index in [4.69, 9.17) is 25.6 Å². The third-order valence-corrected chi connectivity index (χ3v) is 9.82. The summed E-state index contributed by atoms with van der Waals surface area (Å²) in [4.78, 5) is 42.1. The highest BCUT2D eigenvalue weighted by Crippen LogP contribution is 2.40. The molecule has 2 fully saturated rings. The molecule has 0 radical (unpaired) electrons. The molecule has 5 aromatic rings. The fourth-order valence-electron chi connectivity index (χ4n) is 5.50. The van der Waals surface area contributed by atoms with Crippen molar-refractivity contribution in [3.05, 3.63) is 46.7 Å². The van der Waals surface area contributed by atoms with Gasteiger partial charge in [-0.3, -0.25) is 14.0 Å². The van der Waals surface area contributed by atoms with Crippen LogP contribution in [0, 0.1) is 0 Å². The summed E-state index contributed by atoms with van der Waals surface area (Å²) < 4.78 is 13.6. The molecule has 1 aliphatic carbocycles. The lowest BCUT2D eigenvalue weighted by atomic mass is 9.91. The monoisotopic (exact) mass is 607 g/mol. The van der Waals surface area contributed by atoms with E-state index in [2.05, 4.69) is 25.5 Å². The maximum Gasteiger partial charge on any atom is 0.256 e. The lowest BCUT2D eigenvalue weighted by Crippen LogP contribution is -2.43. The number of rotatable bonds is 7. The third-order valence-electron chi connectivity index (χ3n) is 7.68. The van der Waals surface area contributed by atoms with Crippen molar-refractivity contribution in [2.75, 3.05) is 41.8 Å². The fraction of sp³-hybridized carbons (Fsp3) is 0.370. The van der Waals surface area contributed by atoms with Crippen LogP contribution in [-0.2, 0) is 4.74 Å². The first-order valence-corrected chi connectivity index (χ1v) is 15.4. The largest absolute Gasteiger partial charge is 0.459 e. The van der Waals surface area contributed by atoms with Gasteiger partial charge in [0.1, 0.15) is 11.8 Å². The summed E-state index contributed by atoms with van der Waals surface area (Å²) in [6.45, 7) is 2.70. The Morgan fingerprint density at radius 1 is 1.14 bits per heavy atom. The van der Waals surface area contributed by atoms with Crippen LogP contribution in [0.15, 0.2) is 40.1 Å². The minimum atomic E-state index is -0.667. The molecule has 1 saturated carbocycles. The highest BCUT2D eigenvalue weighted by atomic mass is 32.1. The summed E-state index contributed by atoms with van der Waals surface area (Å²) in [7, 11) is 0. The normalized spacial score (nSPS) is 19.4.